The van der Waals surface area contributed by atoms with Crippen LogP contribution in [0.25, 0.3) is 0 Å². The first-order chi connectivity index (χ1) is 30.1. The molecule has 0 aliphatic heterocycles. The molecule has 0 amide bonds. The SMILES string of the molecule is CCCCCCC(CCCC)COC(=O)CCCCC(=O)OC[C@H](COC(=O)CCC(=O)OCc1ccccc1)OC(=O)CCCCC(=O)OCC(CCCC)CCCCCC. The molecule has 0 aliphatic carbocycles. The molecule has 354 valence electrons. The van der Waals surface area contributed by atoms with E-state index < -0.39 is 30.0 Å². The molecule has 1 aromatic rings. The maximum Gasteiger partial charge on any atom is 0.306 e. The lowest BCUT2D eigenvalue weighted by atomic mass is 9.96. The van der Waals surface area contributed by atoms with Crippen LogP contribution in [0.3, 0.4) is 0 Å². The normalized spacial score (nSPS) is 12.5. The maximum absolute atomic E-state index is 12.8. The van der Waals surface area contributed by atoms with E-state index in [1.54, 1.807) is 0 Å². The molecule has 0 radical (unpaired) electrons. The van der Waals surface area contributed by atoms with Gasteiger partial charge in [0, 0.05) is 25.7 Å². The Morgan fingerprint density at radius 1 is 0.387 bits per heavy atom. The van der Waals surface area contributed by atoms with Crippen LogP contribution >= 0.6 is 0 Å². The fourth-order valence-electron chi connectivity index (χ4n) is 6.86. The molecule has 0 saturated carbocycles. The second-order valence-corrected chi connectivity index (χ2v) is 16.6. The molecule has 0 bridgehead atoms. The molecule has 0 N–H and O–H groups in total. The molecular formula is C50H82O12. The molecule has 1 rings (SSSR count). The number of rotatable bonds is 40. The molecule has 1 aromatic carbocycles. The van der Waals surface area contributed by atoms with Crippen molar-refractivity contribution >= 4 is 35.8 Å². The van der Waals surface area contributed by atoms with Gasteiger partial charge in [-0.05, 0) is 68.8 Å². The van der Waals surface area contributed by atoms with Crippen LogP contribution in [0.1, 0.15) is 200 Å². The van der Waals surface area contributed by atoms with Gasteiger partial charge in [-0.2, -0.15) is 0 Å². The van der Waals surface area contributed by atoms with Gasteiger partial charge in [-0.15, -0.1) is 0 Å². The zero-order chi connectivity index (χ0) is 45.5. The second-order valence-electron chi connectivity index (χ2n) is 16.6. The third kappa shape index (κ3) is 32.7. The Morgan fingerprint density at radius 2 is 0.758 bits per heavy atom. The van der Waals surface area contributed by atoms with Gasteiger partial charge in [-0.25, -0.2) is 0 Å². The number of benzene rings is 1. The van der Waals surface area contributed by atoms with Crippen molar-refractivity contribution in [3.63, 3.8) is 0 Å². The standard InChI is InChI=1S/C50H82O12/c1-5-9-13-16-26-41(24-11-7-3)36-57-45(51)30-20-21-32-47(53)60-39-44(40-61-49(55)35-34-48(54)59-38-43-28-18-15-19-29-43)62-50(56)33-23-22-31-46(52)58-37-42(25-12-8-4)27-17-14-10-6-2/h15,18-19,28-29,41-42,44H,5-14,16-17,20-27,30-40H2,1-4H3/t41?,42?,44-/m1/s1. The molecule has 0 spiro atoms. The lowest BCUT2D eigenvalue weighted by Crippen LogP contribution is -2.31. The molecule has 12 nitrogen and oxygen atoms in total. The predicted molar refractivity (Wildman–Crippen MR) is 240 cm³/mol. The first kappa shape index (κ1) is 56.1. The fourth-order valence-corrected chi connectivity index (χ4v) is 6.86. The van der Waals surface area contributed by atoms with Gasteiger partial charge in [0.25, 0.3) is 0 Å². The smallest absolute Gasteiger partial charge is 0.306 e. The fraction of sp³-hybridized carbons (Fsp3) is 0.760. The summed E-state index contributed by atoms with van der Waals surface area (Å²) < 4.78 is 32.7. The van der Waals surface area contributed by atoms with E-state index in [1.165, 1.54) is 38.5 Å². The van der Waals surface area contributed by atoms with Crippen molar-refractivity contribution in [3.05, 3.63) is 35.9 Å². The van der Waals surface area contributed by atoms with Crippen molar-refractivity contribution < 1.29 is 57.2 Å². The summed E-state index contributed by atoms with van der Waals surface area (Å²) in [7, 11) is 0. The van der Waals surface area contributed by atoms with E-state index in [2.05, 4.69) is 27.7 Å². The number of carbonyl (C=O) groups excluding carboxylic acids is 6. The minimum absolute atomic E-state index is 0.00376. The molecule has 3 atom stereocenters. The topological polar surface area (TPSA) is 158 Å². The number of ether oxygens (including phenoxy) is 6. The van der Waals surface area contributed by atoms with E-state index >= 15 is 0 Å². The average Bonchev–Trinajstić information content (AvgIpc) is 3.27. The monoisotopic (exact) mass is 875 g/mol. The van der Waals surface area contributed by atoms with Gasteiger partial charge in [0.2, 0.25) is 0 Å². The lowest BCUT2D eigenvalue weighted by molar-refractivity contribution is -0.167. The third-order valence-corrected chi connectivity index (χ3v) is 10.8. The van der Waals surface area contributed by atoms with Gasteiger partial charge in [0.1, 0.15) is 19.8 Å². The van der Waals surface area contributed by atoms with Gasteiger partial charge in [0.15, 0.2) is 6.10 Å². The number of carbonyl (C=O) groups is 6. The van der Waals surface area contributed by atoms with Crippen molar-refractivity contribution in [1.82, 2.24) is 0 Å². The Kier molecular flexibility index (Phi) is 35.0. The molecular weight excluding hydrogens is 793 g/mol. The van der Waals surface area contributed by atoms with Crippen molar-refractivity contribution in [2.24, 2.45) is 11.8 Å². The highest BCUT2D eigenvalue weighted by molar-refractivity contribution is 5.77. The van der Waals surface area contributed by atoms with Crippen LogP contribution in [0.2, 0.25) is 0 Å². The third-order valence-electron chi connectivity index (χ3n) is 10.8. The van der Waals surface area contributed by atoms with Gasteiger partial charge in [-0.1, -0.05) is 135 Å². The van der Waals surface area contributed by atoms with Crippen molar-refractivity contribution in [2.45, 2.75) is 207 Å². The number of hydrogen-bond acceptors (Lipinski definition) is 12. The Balaban J connectivity index is 2.57. The van der Waals surface area contributed by atoms with Crippen molar-refractivity contribution in [2.75, 3.05) is 26.4 Å². The zero-order valence-electron chi connectivity index (χ0n) is 38.9. The second kappa shape index (κ2) is 38.7. The van der Waals surface area contributed by atoms with Crippen LogP contribution in [0.5, 0.6) is 0 Å². The van der Waals surface area contributed by atoms with Crippen LogP contribution in [0.15, 0.2) is 30.3 Å². The van der Waals surface area contributed by atoms with E-state index in [0.29, 0.717) is 50.7 Å². The van der Waals surface area contributed by atoms with Crippen LogP contribution in [-0.4, -0.2) is 68.3 Å². The maximum atomic E-state index is 12.8. The number of unbranched alkanes of at least 4 members (excludes halogenated alkanes) is 10. The summed E-state index contributed by atoms with van der Waals surface area (Å²) in [4.78, 5) is 75.1. The van der Waals surface area contributed by atoms with E-state index in [1.807, 2.05) is 30.3 Å². The molecule has 0 aliphatic rings. The highest BCUT2D eigenvalue weighted by Gasteiger charge is 2.21. The summed E-state index contributed by atoms with van der Waals surface area (Å²) in [6.07, 6.45) is 18.7. The number of esters is 6. The van der Waals surface area contributed by atoms with Gasteiger partial charge in [0.05, 0.1) is 26.1 Å². The molecule has 0 aromatic heterocycles. The predicted octanol–water partition coefficient (Wildman–Crippen LogP) is 11.3. The minimum atomic E-state index is -1.08. The first-order valence-electron chi connectivity index (χ1n) is 24.1. The summed E-state index contributed by atoms with van der Waals surface area (Å²) in [5, 5.41) is 0. The molecule has 2 unspecified atom stereocenters. The highest BCUT2D eigenvalue weighted by atomic mass is 16.6. The van der Waals surface area contributed by atoms with Crippen molar-refractivity contribution in [3.8, 4) is 0 Å². The van der Waals surface area contributed by atoms with Gasteiger partial charge < -0.3 is 28.4 Å². The number of hydrogen-bond donors (Lipinski definition) is 0. The van der Waals surface area contributed by atoms with Crippen LogP contribution < -0.4 is 0 Å². The van der Waals surface area contributed by atoms with Crippen LogP contribution in [0, 0.1) is 11.8 Å². The Hall–Kier alpha value is -3.96. The Bertz CT molecular complexity index is 1330. The van der Waals surface area contributed by atoms with Crippen LogP contribution in [-0.2, 0) is 63.8 Å². The van der Waals surface area contributed by atoms with E-state index in [0.717, 1.165) is 69.8 Å². The summed E-state index contributed by atoms with van der Waals surface area (Å²) in [6, 6.07) is 9.16. The molecule has 12 heteroatoms. The first-order valence-corrected chi connectivity index (χ1v) is 24.1. The minimum Gasteiger partial charge on any atom is -0.465 e. The molecule has 62 heavy (non-hydrogen) atoms. The largest absolute Gasteiger partial charge is 0.465 e. The summed E-state index contributed by atoms with van der Waals surface area (Å²) in [5.41, 5.74) is 0.819. The summed E-state index contributed by atoms with van der Waals surface area (Å²) in [5.74, 6) is -2.22. The van der Waals surface area contributed by atoms with Gasteiger partial charge >= 0.3 is 35.8 Å². The van der Waals surface area contributed by atoms with E-state index in [-0.39, 0.29) is 70.3 Å². The van der Waals surface area contributed by atoms with Crippen LogP contribution in [0.4, 0.5) is 0 Å². The highest BCUT2D eigenvalue weighted by Crippen LogP contribution is 2.20. The summed E-state index contributed by atoms with van der Waals surface area (Å²) >= 11 is 0. The Labute approximate surface area is 373 Å². The zero-order valence-corrected chi connectivity index (χ0v) is 38.9. The van der Waals surface area contributed by atoms with Crippen molar-refractivity contribution in [1.29, 1.82) is 0 Å². The van der Waals surface area contributed by atoms with E-state index in [4.69, 9.17) is 28.4 Å². The molecule has 0 saturated heterocycles. The molecule has 0 fully saturated rings. The average molecular weight is 875 g/mol. The van der Waals surface area contributed by atoms with Gasteiger partial charge in [-0.3, -0.25) is 28.8 Å². The lowest BCUT2D eigenvalue weighted by Gasteiger charge is -2.18. The summed E-state index contributed by atoms with van der Waals surface area (Å²) in [6.45, 7) is 8.91. The molecule has 0 heterocycles. The van der Waals surface area contributed by atoms with E-state index in [9.17, 15) is 28.8 Å². The quantitative estimate of drug-likeness (QED) is 0.0349. The Morgan fingerprint density at radius 3 is 1.19 bits per heavy atom.